The van der Waals surface area contributed by atoms with Crippen molar-refractivity contribution in [1.82, 2.24) is 5.32 Å². The minimum Gasteiger partial charge on any atom is -0.381 e. The number of benzene rings is 1. The molecule has 0 aliphatic carbocycles. The Morgan fingerprint density at radius 3 is 3.06 bits per heavy atom. The molecule has 1 aromatic rings. The molecule has 1 aromatic carbocycles. The summed E-state index contributed by atoms with van der Waals surface area (Å²) in [5.74, 6) is -0.384. The number of hydrogen-bond acceptors (Lipinski definition) is 3. The highest BCUT2D eigenvalue weighted by atomic mass is 16.1. The van der Waals surface area contributed by atoms with Gasteiger partial charge in [-0.2, -0.15) is 0 Å². The Bertz CT molecular complexity index is 372. The number of carbonyl (C=O) groups excluding carboxylic acids is 1. The van der Waals surface area contributed by atoms with Crippen LogP contribution in [0.2, 0.25) is 0 Å². The maximum absolute atomic E-state index is 11.0. The number of anilines is 1. The first-order chi connectivity index (χ1) is 7.75. The lowest BCUT2D eigenvalue weighted by Crippen LogP contribution is -2.38. The molecule has 1 saturated heterocycles. The number of piperidine rings is 1. The van der Waals surface area contributed by atoms with Gasteiger partial charge in [-0.3, -0.25) is 4.79 Å². The number of carbonyl (C=O) groups is 1. The molecule has 0 spiro atoms. The summed E-state index contributed by atoms with van der Waals surface area (Å²) in [6.45, 7) is 2.07. The third kappa shape index (κ3) is 2.73. The van der Waals surface area contributed by atoms with Crippen molar-refractivity contribution in [3.05, 3.63) is 29.8 Å². The van der Waals surface area contributed by atoms with Crippen LogP contribution in [0.4, 0.5) is 5.69 Å². The lowest BCUT2D eigenvalue weighted by atomic mass is 10.1. The maximum atomic E-state index is 11.0. The SMILES string of the molecule is NC(=O)c1cccc(NC2CCCNC2)c1. The van der Waals surface area contributed by atoms with E-state index >= 15 is 0 Å². The van der Waals surface area contributed by atoms with Crippen molar-refractivity contribution < 1.29 is 4.79 Å². The number of rotatable bonds is 3. The molecule has 1 aliphatic heterocycles. The van der Waals surface area contributed by atoms with E-state index in [0.29, 0.717) is 11.6 Å². The number of amides is 1. The minimum absolute atomic E-state index is 0.384. The molecule has 1 amide bonds. The summed E-state index contributed by atoms with van der Waals surface area (Å²) in [4.78, 5) is 11.0. The molecule has 4 heteroatoms. The fraction of sp³-hybridized carbons (Fsp3) is 0.417. The molecule has 16 heavy (non-hydrogen) atoms. The Labute approximate surface area is 95.2 Å². The fourth-order valence-electron chi connectivity index (χ4n) is 1.97. The summed E-state index contributed by atoms with van der Waals surface area (Å²) in [5, 5.41) is 6.74. The van der Waals surface area contributed by atoms with Gasteiger partial charge in [-0.25, -0.2) is 0 Å². The lowest BCUT2D eigenvalue weighted by Gasteiger charge is -2.24. The van der Waals surface area contributed by atoms with Crippen LogP contribution in [0, 0.1) is 0 Å². The van der Waals surface area contributed by atoms with E-state index in [-0.39, 0.29) is 5.91 Å². The molecule has 2 rings (SSSR count). The predicted octanol–water partition coefficient (Wildman–Crippen LogP) is 0.949. The number of primary amides is 1. The van der Waals surface area contributed by atoms with Crippen LogP contribution in [-0.4, -0.2) is 25.0 Å². The fourth-order valence-corrected chi connectivity index (χ4v) is 1.97. The van der Waals surface area contributed by atoms with Crippen LogP contribution >= 0.6 is 0 Å². The van der Waals surface area contributed by atoms with E-state index in [2.05, 4.69) is 10.6 Å². The first-order valence-electron chi connectivity index (χ1n) is 5.63. The minimum atomic E-state index is -0.384. The van der Waals surface area contributed by atoms with Crippen LogP contribution in [0.3, 0.4) is 0 Å². The molecule has 1 aliphatic rings. The topological polar surface area (TPSA) is 67.2 Å². The van der Waals surface area contributed by atoms with E-state index in [4.69, 9.17) is 5.73 Å². The smallest absolute Gasteiger partial charge is 0.248 e. The van der Waals surface area contributed by atoms with Gasteiger partial charge in [0.25, 0.3) is 0 Å². The van der Waals surface area contributed by atoms with Gasteiger partial charge in [0.15, 0.2) is 0 Å². The highest BCUT2D eigenvalue weighted by Gasteiger charge is 2.12. The van der Waals surface area contributed by atoms with Crippen LogP contribution < -0.4 is 16.4 Å². The molecular weight excluding hydrogens is 202 g/mol. The highest BCUT2D eigenvalue weighted by Crippen LogP contribution is 2.14. The Balaban J connectivity index is 2.02. The van der Waals surface area contributed by atoms with Crippen molar-refractivity contribution in [2.24, 2.45) is 5.73 Å². The summed E-state index contributed by atoms with van der Waals surface area (Å²) in [7, 11) is 0. The molecule has 4 N–H and O–H groups in total. The van der Waals surface area contributed by atoms with Crippen molar-refractivity contribution in [3.63, 3.8) is 0 Å². The van der Waals surface area contributed by atoms with Gasteiger partial charge in [-0.05, 0) is 37.6 Å². The molecule has 0 bridgehead atoms. The first-order valence-corrected chi connectivity index (χ1v) is 5.63. The number of nitrogens with two attached hydrogens (primary N) is 1. The van der Waals surface area contributed by atoms with Crippen LogP contribution in [0.25, 0.3) is 0 Å². The van der Waals surface area contributed by atoms with E-state index in [1.54, 1.807) is 12.1 Å². The Kier molecular flexibility index (Phi) is 3.41. The zero-order valence-corrected chi connectivity index (χ0v) is 9.20. The summed E-state index contributed by atoms with van der Waals surface area (Å²) < 4.78 is 0. The molecule has 0 radical (unpaired) electrons. The van der Waals surface area contributed by atoms with Crippen molar-refractivity contribution in [1.29, 1.82) is 0 Å². The standard InChI is InChI=1S/C12H17N3O/c13-12(16)9-3-1-4-10(7-9)15-11-5-2-6-14-8-11/h1,3-4,7,11,14-15H,2,5-6,8H2,(H2,13,16). The van der Waals surface area contributed by atoms with Gasteiger partial charge in [-0.15, -0.1) is 0 Å². The zero-order valence-electron chi connectivity index (χ0n) is 9.20. The number of hydrogen-bond donors (Lipinski definition) is 3. The van der Waals surface area contributed by atoms with E-state index < -0.39 is 0 Å². The molecule has 1 heterocycles. The Hall–Kier alpha value is -1.55. The van der Waals surface area contributed by atoms with Crippen LogP contribution in [0.1, 0.15) is 23.2 Å². The second-order valence-corrected chi connectivity index (χ2v) is 4.13. The average Bonchev–Trinajstić information content (AvgIpc) is 2.30. The molecule has 1 fully saturated rings. The average molecular weight is 219 g/mol. The largest absolute Gasteiger partial charge is 0.381 e. The van der Waals surface area contributed by atoms with Gasteiger partial charge < -0.3 is 16.4 Å². The predicted molar refractivity (Wildman–Crippen MR) is 64.5 cm³/mol. The third-order valence-electron chi connectivity index (χ3n) is 2.81. The lowest BCUT2D eigenvalue weighted by molar-refractivity contribution is 0.100. The van der Waals surface area contributed by atoms with Gasteiger partial charge in [0.2, 0.25) is 5.91 Å². The van der Waals surface area contributed by atoms with Gasteiger partial charge >= 0.3 is 0 Å². The van der Waals surface area contributed by atoms with Crippen molar-refractivity contribution in [3.8, 4) is 0 Å². The molecular formula is C12H17N3O. The number of nitrogens with one attached hydrogen (secondary N) is 2. The molecule has 0 saturated carbocycles. The highest BCUT2D eigenvalue weighted by molar-refractivity contribution is 5.93. The van der Waals surface area contributed by atoms with Gasteiger partial charge in [0.1, 0.15) is 0 Å². The molecule has 1 unspecified atom stereocenters. The monoisotopic (exact) mass is 219 g/mol. The van der Waals surface area contributed by atoms with E-state index in [9.17, 15) is 4.79 Å². The van der Waals surface area contributed by atoms with E-state index in [1.807, 2.05) is 12.1 Å². The quantitative estimate of drug-likeness (QED) is 0.709. The summed E-state index contributed by atoms with van der Waals surface area (Å²) in [6, 6.07) is 7.78. The third-order valence-corrected chi connectivity index (χ3v) is 2.81. The van der Waals surface area contributed by atoms with E-state index in [0.717, 1.165) is 25.2 Å². The van der Waals surface area contributed by atoms with Gasteiger partial charge in [0, 0.05) is 23.8 Å². The van der Waals surface area contributed by atoms with Crippen LogP contribution in [0.5, 0.6) is 0 Å². The summed E-state index contributed by atoms with van der Waals surface area (Å²) in [5.41, 5.74) is 6.75. The summed E-state index contributed by atoms with van der Waals surface area (Å²) >= 11 is 0. The van der Waals surface area contributed by atoms with Crippen LogP contribution in [-0.2, 0) is 0 Å². The molecule has 86 valence electrons. The second kappa shape index (κ2) is 4.99. The molecule has 4 nitrogen and oxygen atoms in total. The zero-order chi connectivity index (χ0) is 11.4. The second-order valence-electron chi connectivity index (χ2n) is 4.13. The maximum Gasteiger partial charge on any atom is 0.248 e. The molecule has 1 atom stereocenters. The van der Waals surface area contributed by atoms with Crippen molar-refractivity contribution in [2.75, 3.05) is 18.4 Å². The van der Waals surface area contributed by atoms with E-state index in [1.165, 1.54) is 6.42 Å². The van der Waals surface area contributed by atoms with Crippen molar-refractivity contribution in [2.45, 2.75) is 18.9 Å². The van der Waals surface area contributed by atoms with Crippen LogP contribution in [0.15, 0.2) is 24.3 Å². The van der Waals surface area contributed by atoms with Crippen molar-refractivity contribution >= 4 is 11.6 Å². The van der Waals surface area contributed by atoms with Gasteiger partial charge in [0.05, 0.1) is 0 Å². The normalized spacial score (nSPS) is 20.4. The Morgan fingerprint density at radius 1 is 1.50 bits per heavy atom. The summed E-state index contributed by atoms with van der Waals surface area (Å²) in [6.07, 6.45) is 2.35. The Morgan fingerprint density at radius 2 is 2.38 bits per heavy atom. The molecule has 0 aromatic heterocycles. The van der Waals surface area contributed by atoms with Gasteiger partial charge in [-0.1, -0.05) is 6.07 Å². The first kappa shape index (κ1) is 11.0.